The Morgan fingerprint density at radius 3 is 2.48 bits per heavy atom. The first-order valence-corrected chi connectivity index (χ1v) is 7.21. The number of benzene rings is 1. The zero-order valence-electron chi connectivity index (χ0n) is 12.6. The third kappa shape index (κ3) is 3.97. The minimum Gasteiger partial charge on any atom is -0.493 e. The van der Waals surface area contributed by atoms with Crippen LogP contribution in [0.4, 0.5) is 0 Å². The van der Waals surface area contributed by atoms with Gasteiger partial charge in [0, 0.05) is 18.7 Å². The summed E-state index contributed by atoms with van der Waals surface area (Å²) in [5.74, 6) is 0.902. The molecule has 1 amide bonds. The van der Waals surface area contributed by atoms with Gasteiger partial charge in [0.15, 0.2) is 23.9 Å². The van der Waals surface area contributed by atoms with Gasteiger partial charge in [0.2, 0.25) is 0 Å². The van der Waals surface area contributed by atoms with Crippen LogP contribution in [0.1, 0.15) is 36.5 Å². The largest absolute Gasteiger partial charge is 0.493 e. The van der Waals surface area contributed by atoms with Crippen molar-refractivity contribution in [3.8, 4) is 11.5 Å². The fourth-order valence-corrected chi connectivity index (χ4v) is 2.38. The standard InChI is InChI=1S/C16H21NO4/c1-12(18)13-6-7-14(15(10-13)20-2)21-11-16(19)17-8-4-3-5-9-17/h6-7,10H,3-5,8-9,11H2,1-2H3. The molecule has 21 heavy (non-hydrogen) atoms. The lowest BCUT2D eigenvalue weighted by Crippen LogP contribution is -2.38. The molecule has 1 heterocycles. The number of ketones is 1. The highest BCUT2D eigenvalue weighted by molar-refractivity contribution is 5.94. The summed E-state index contributed by atoms with van der Waals surface area (Å²) in [6.07, 6.45) is 3.30. The first-order chi connectivity index (χ1) is 10.1. The van der Waals surface area contributed by atoms with Gasteiger partial charge in [0.1, 0.15) is 0 Å². The second kappa shape index (κ2) is 7.11. The number of Topliss-reactive ketones (excluding diaryl/α,β-unsaturated/α-hetero) is 1. The van der Waals surface area contributed by atoms with Crippen molar-refractivity contribution < 1.29 is 19.1 Å². The third-order valence-corrected chi connectivity index (χ3v) is 3.63. The minimum absolute atomic E-state index is 0.00419. The van der Waals surface area contributed by atoms with E-state index in [0.29, 0.717) is 17.1 Å². The van der Waals surface area contributed by atoms with Gasteiger partial charge >= 0.3 is 0 Å². The summed E-state index contributed by atoms with van der Waals surface area (Å²) in [6.45, 7) is 3.11. The maximum atomic E-state index is 12.1. The van der Waals surface area contributed by atoms with E-state index in [9.17, 15) is 9.59 Å². The maximum absolute atomic E-state index is 12.1. The third-order valence-electron chi connectivity index (χ3n) is 3.63. The van der Waals surface area contributed by atoms with Crippen LogP contribution in [0.2, 0.25) is 0 Å². The Labute approximate surface area is 124 Å². The molecule has 1 aromatic carbocycles. The van der Waals surface area contributed by atoms with E-state index >= 15 is 0 Å². The Bertz CT molecular complexity index is 521. The molecule has 0 aromatic heterocycles. The highest BCUT2D eigenvalue weighted by Crippen LogP contribution is 2.28. The van der Waals surface area contributed by atoms with E-state index in [1.54, 1.807) is 18.2 Å². The maximum Gasteiger partial charge on any atom is 0.260 e. The fraction of sp³-hybridized carbons (Fsp3) is 0.500. The van der Waals surface area contributed by atoms with Crippen LogP contribution in [0, 0.1) is 0 Å². The lowest BCUT2D eigenvalue weighted by atomic mass is 10.1. The van der Waals surface area contributed by atoms with Crippen molar-refractivity contribution in [3.63, 3.8) is 0 Å². The van der Waals surface area contributed by atoms with Gasteiger partial charge in [-0.15, -0.1) is 0 Å². The highest BCUT2D eigenvalue weighted by atomic mass is 16.5. The molecule has 1 aliphatic heterocycles. The van der Waals surface area contributed by atoms with Crippen LogP contribution in [0.25, 0.3) is 0 Å². The molecule has 0 aliphatic carbocycles. The van der Waals surface area contributed by atoms with Gasteiger partial charge in [-0.25, -0.2) is 0 Å². The fourth-order valence-electron chi connectivity index (χ4n) is 2.38. The second-order valence-electron chi connectivity index (χ2n) is 5.15. The Morgan fingerprint density at radius 2 is 1.86 bits per heavy atom. The molecule has 0 atom stereocenters. The molecule has 0 radical (unpaired) electrons. The average molecular weight is 291 g/mol. The van der Waals surface area contributed by atoms with E-state index in [0.717, 1.165) is 25.9 Å². The van der Waals surface area contributed by atoms with Gasteiger partial charge < -0.3 is 14.4 Å². The molecule has 5 heteroatoms. The summed E-state index contributed by atoms with van der Waals surface area (Å²) in [5.41, 5.74) is 0.557. The number of nitrogens with zero attached hydrogens (tertiary/aromatic N) is 1. The summed E-state index contributed by atoms with van der Waals surface area (Å²) in [6, 6.07) is 4.97. The Balaban J connectivity index is 1.98. The molecule has 114 valence electrons. The van der Waals surface area contributed by atoms with Crippen LogP contribution < -0.4 is 9.47 Å². The monoisotopic (exact) mass is 291 g/mol. The number of carbonyl (C=O) groups excluding carboxylic acids is 2. The number of hydrogen-bond donors (Lipinski definition) is 0. The van der Waals surface area contributed by atoms with Crippen molar-refractivity contribution >= 4 is 11.7 Å². The zero-order valence-corrected chi connectivity index (χ0v) is 12.6. The lowest BCUT2D eigenvalue weighted by Gasteiger charge is -2.26. The van der Waals surface area contributed by atoms with Gasteiger partial charge in [-0.3, -0.25) is 9.59 Å². The smallest absolute Gasteiger partial charge is 0.260 e. The summed E-state index contributed by atoms with van der Waals surface area (Å²) in [7, 11) is 1.51. The summed E-state index contributed by atoms with van der Waals surface area (Å²) in [5, 5.41) is 0. The number of likely N-dealkylation sites (tertiary alicyclic amines) is 1. The van der Waals surface area contributed by atoms with E-state index in [4.69, 9.17) is 9.47 Å². The molecule has 2 rings (SSSR count). The van der Waals surface area contributed by atoms with Gasteiger partial charge in [-0.2, -0.15) is 0 Å². The van der Waals surface area contributed by atoms with Crippen LogP contribution in [0.3, 0.4) is 0 Å². The van der Waals surface area contributed by atoms with Gasteiger partial charge in [0.25, 0.3) is 5.91 Å². The summed E-state index contributed by atoms with van der Waals surface area (Å²) in [4.78, 5) is 25.2. The number of amides is 1. The predicted octanol–water partition coefficient (Wildman–Crippen LogP) is 2.29. The quantitative estimate of drug-likeness (QED) is 0.781. The lowest BCUT2D eigenvalue weighted by molar-refractivity contribution is -0.134. The first-order valence-electron chi connectivity index (χ1n) is 7.21. The average Bonchev–Trinajstić information content (AvgIpc) is 2.53. The molecule has 0 bridgehead atoms. The predicted molar refractivity (Wildman–Crippen MR) is 78.9 cm³/mol. The number of carbonyl (C=O) groups is 2. The van der Waals surface area contributed by atoms with Gasteiger partial charge in [-0.1, -0.05) is 0 Å². The minimum atomic E-state index is -0.0377. The molecule has 0 unspecified atom stereocenters. The summed E-state index contributed by atoms with van der Waals surface area (Å²) >= 11 is 0. The Kier molecular flexibility index (Phi) is 5.20. The number of hydrogen-bond acceptors (Lipinski definition) is 4. The first kappa shape index (κ1) is 15.4. The number of ether oxygens (including phenoxy) is 2. The van der Waals surface area contributed by atoms with Crippen LogP contribution >= 0.6 is 0 Å². The molecule has 0 N–H and O–H groups in total. The number of methoxy groups -OCH3 is 1. The number of rotatable bonds is 5. The van der Waals surface area contributed by atoms with Crippen LogP contribution in [-0.2, 0) is 4.79 Å². The van der Waals surface area contributed by atoms with Gasteiger partial charge in [0.05, 0.1) is 7.11 Å². The molecular formula is C16H21NO4. The van der Waals surface area contributed by atoms with E-state index < -0.39 is 0 Å². The van der Waals surface area contributed by atoms with E-state index in [1.807, 2.05) is 4.90 Å². The molecule has 0 saturated carbocycles. The van der Waals surface area contributed by atoms with Gasteiger partial charge in [-0.05, 0) is 44.4 Å². The van der Waals surface area contributed by atoms with Crippen LogP contribution in [0.15, 0.2) is 18.2 Å². The topological polar surface area (TPSA) is 55.8 Å². The van der Waals surface area contributed by atoms with Crippen molar-refractivity contribution in [1.82, 2.24) is 4.90 Å². The Morgan fingerprint density at radius 1 is 1.14 bits per heavy atom. The molecular weight excluding hydrogens is 270 g/mol. The van der Waals surface area contributed by atoms with Crippen molar-refractivity contribution in [2.24, 2.45) is 0 Å². The highest BCUT2D eigenvalue weighted by Gasteiger charge is 2.17. The molecule has 0 spiro atoms. The molecule has 1 fully saturated rings. The SMILES string of the molecule is COc1cc(C(C)=O)ccc1OCC(=O)N1CCCCC1. The molecule has 1 saturated heterocycles. The molecule has 5 nitrogen and oxygen atoms in total. The van der Waals surface area contributed by atoms with Crippen molar-refractivity contribution in [2.45, 2.75) is 26.2 Å². The van der Waals surface area contributed by atoms with E-state index in [2.05, 4.69) is 0 Å². The zero-order chi connectivity index (χ0) is 15.2. The normalized spacial score (nSPS) is 14.7. The van der Waals surface area contributed by atoms with Crippen molar-refractivity contribution in [1.29, 1.82) is 0 Å². The second-order valence-corrected chi connectivity index (χ2v) is 5.15. The van der Waals surface area contributed by atoms with Crippen molar-refractivity contribution in [3.05, 3.63) is 23.8 Å². The van der Waals surface area contributed by atoms with E-state index in [-0.39, 0.29) is 18.3 Å². The van der Waals surface area contributed by atoms with Crippen LogP contribution in [-0.4, -0.2) is 43.4 Å². The van der Waals surface area contributed by atoms with Crippen molar-refractivity contribution in [2.75, 3.05) is 26.8 Å². The summed E-state index contributed by atoms with van der Waals surface area (Å²) < 4.78 is 10.8. The molecule has 1 aromatic rings. The Hall–Kier alpha value is -2.04. The number of piperidine rings is 1. The van der Waals surface area contributed by atoms with Crippen LogP contribution in [0.5, 0.6) is 11.5 Å². The van der Waals surface area contributed by atoms with E-state index in [1.165, 1.54) is 20.5 Å². The molecule has 1 aliphatic rings.